The summed E-state index contributed by atoms with van der Waals surface area (Å²) in [6, 6.07) is 9.49. The zero-order valence-electron chi connectivity index (χ0n) is 8.60. The lowest BCUT2D eigenvalue weighted by atomic mass is 9.83. The van der Waals surface area contributed by atoms with Crippen LogP contribution in [-0.4, -0.2) is 16.6 Å². The Morgan fingerprint density at radius 1 is 1.53 bits per heavy atom. The number of thioether (sulfide) groups is 1. The van der Waals surface area contributed by atoms with E-state index in [9.17, 15) is 5.11 Å². The van der Waals surface area contributed by atoms with Crippen molar-refractivity contribution in [3.05, 3.63) is 35.4 Å². The van der Waals surface area contributed by atoms with Gasteiger partial charge in [0.15, 0.2) is 0 Å². The van der Waals surface area contributed by atoms with E-state index in [1.807, 2.05) is 25.1 Å². The summed E-state index contributed by atoms with van der Waals surface area (Å²) < 4.78 is 0. The molecular weight excluding hydrogens is 206 g/mol. The van der Waals surface area contributed by atoms with Gasteiger partial charge in [0, 0.05) is 11.3 Å². The summed E-state index contributed by atoms with van der Waals surface area (Å²) in [5.74, 6) is 1.85. The van der Waals surface area contributed by atoms with Crippen LogP contribution in [0.1, 0.15) is 18.1 Å². The van der Waals surface area contributed by atoms with Gasteiger partial charge in [-0.2, -0.15) is 17.0 Å². The van der Waals surface area contributed by atoms with Crippen LogP contribution in [0.25, 0.3) is 0 Å². The van der Waals surface area contributed by atoms with Crippen LogP contribution in [0.2, 0.25) is 0 Å². The quantitative estimate of drug-likeness (QED) is 0.787. The van der Waals surface area contributed by atoms with Crippen LogP contribution in [-0.2, 0) is 5.60 Å². The minimum Gasteiger partial charge on any atom is -0.384 e. The van der Waals surface area contributed by atoms with Gasteiger partial charge in [-0.15, -0.1) is 0 Å². The summed E-state index contributed by atoms with van der Waals surface area (Å²) in [6.07, 6.45) is 0. The van der Waals surface area contributed by atoms with Gasteiger partial charge in [0.05, 0.1) is 11.6 Å². The van der Waals surface area contributed by atoms with E-state index >= 15 is 0 Å². The lowest BCUT2D eigenvalue weighted by molar-refractivity contribution is 0.0232. The van der Waals surface area contributed by atoms with Crippen molar-refractivity contribution in [1.82, 2.24) is 0 Å². The first-order valence-electron chi connectivity index (χ1n) is 4.98. The van der Waals surface area contributed by atoms with Crippen LogP contribution in [0.4, 0.5) is 0 Å². The van der Waals surface area contributed by atoms with Crippen LogP contribution >= 0.6 is 11.8 Å². The van der Waals surface area contributed by atoms with Gasteiger partial charge in [0.25, 0.3) is 0 Å². The predicted octanol–water partition coefficient (Wildman–Crippen LogP) is 2.13. The fourth-order valence-electron chi connectivity index (χ4n) is 1.97. The second kappa shape index (κ2) is 3.88. The molecule has 1 aliphatic rings. The summed E-state index contributed by atoms with van der Waals surface area (Å²) in [4.78, 5) is 0. The summed E-state index contributed by atoms with van der Waals surface area (Å²) in [5, 5.41) is 19.6. The zero-order chi connectivity index (χ0) is 10.9. The zero-order valence-corrected chi connectivity index (χ0v) is 9.42. The molecule has 0 aromatic heterocycles. The first-order chi connectivity index (χ1) is 7.18. The molecule has 15 heavy (non-hydrogen) atoms. The molecule has 1 heterocycles. The molecule has 0 amide bonds. The monoisotopic (exact) mass is 219 g/mol. The van der Waals surface area contributed by atoms with Gasteiger partial charge in [-0.1, -0.05) is 25.1 Å². The highest BCUT2D eigenvalue weighted by Gasteiger charge is 2.41. The average Bonchev–Trinajstić information content (AvgIpc) is 2.60. The molecule has 3 heteroatoms. The second-order valence-electron chi connectivity index (χ2n) is 4.00. The number of benzene rings is 1. The van der Waals surface area contributed by atoms with E-state index in [1.54, 1.807) is 17.8 Å². The van der Waals surface area contributed by atoms with Gasteiger partial charge in [-0.05, 0) is 17.7 Å². The van der Waals surface area contributed by atoms with Gasteiger partial charge in [-0.25, -0.2) is 0 Å². The Hall–Kier alpha value is -0.980. The molecule has 1 aromatic carbocycles. The standard InChI is InChI=1S/C12H13NOS/c1-9-7-15-8-12(9,14)11-5-3-2-4-10(11)6-13/h2-5,9,14H,7-8H2,1H3/t9-,12+/m0/s1. The molecule has 0 bridgehead atoms. The molecule has 0 radical (unpaired) electrons. The second-order valence-corrected chi connectivity index (χ2v) is 5.03. The number of hydrogen-bond acceptors (Lipinski definition) is 3. The fraction of sp³-hybridized carbons (Fsp3) is 0.417. The number of nitriles is 1. The van der Waals surface area contributed by atoms with E-state index in [1.165, 1.54) is 0 Å². The molecule has 1 saturated heterocycles. The number of rotatable bonds is 1. The van der Waals surface area contributed by atoms with E-state index in [-0.39, 0.29) is 5.92 Å². The molecule has 1 fully saturated rings. The van der Waals surface area contributed by atoms with Gasteiger partial charge >= 0.3 is 0 Å². The minimum absolute atomic E-state index is 0.206. The third kappa shape index (κ3) is 1.64. The Morgan fingerprint density at radius 3 is 2.87 bits per heavy atom. The molecule has 2 nitrogen and oxygen atoms in total. The molecule has 1 aromatic rings. The molecule has 0 aliphatic carbocycles. The van der Waals surface area contributed by atoms with Crippen LogP contribution in [0, 0.1) is 17.2 Å². The van der Waals surface area contributed by atoms with Crippen molar-refractivity contribution in [3.63, 3.8) is 0 Å². The molecular formula is C12H13NOS. The maximum Gasteiger partial charge on any atom is 0.103 e. The lowest BCUT2D eigenvalue weighted by Crippen LogP contribution is -2.33. The Labute approximate surface area is 93.9 Å². The molecule has 0 unspecified atom stereocenters. The number of aliphatic hydroxyl groups is 1. The summed E-state index contributed by atoms with van der Waals surface area (Å²) in [7, 11) is 0. The topological polar surface area (TPSA) is 44.0 Å². The highest BCUT2D eigenvalue weighted by Crippen LogP contribution is 2.42. The number of nitrogens with zero attached hydrogens (tertiary/aromatic N) is 1. The molecule has 2 atom stereocenters. The molecule has 1 aliphatic heterocycles. The minimum atomic E-state index is -0.822. The average molecular weight is 219 g/mol. The van der Waals surface area contributed by atoms with E-state index in [0.29, 0.717) is 11.3 Å². The van der Waals surface area contributed by atoms with Gasteiger partial charge in [0.2, 0.25) is 0 Å². The van der Waals surface area contributed by atoms with Crippen molar-refractivity contribution in [2.45, 2.75) is 12.5 Å². The van der Waals surface area contributed by atoms with Crippen molar-refractivity contribution in [2.24, 2.45) is 5.92 Å². The van der Waals surface area contributed by atoms with Gasteiger partial charge in [-0.3, -0.25) is 0 Å². The van der Waals surface area contributed by atoms with Gasteiger partial charge < -0.3 is 5.11 Å². The van der Waals surface area contributed by atoms with Crippen LogP contribution in [0.3, 0.4) is 0 Å². The first-order valence-corrected chi connectivity index (χ1v) is 6.13. The van der Waals surface area contributed by atoms with E-state index < -0.39 is 5.60 Å². The SMILES string of the molecule is C[C@H]1CSC[C@]1(O)c1ccccc1C#N. The Morgan fingerprint density at radius 2 is 2.27 bits per heavy atom. The van der Waals surface area contributed by atoms with Crippen molar-refractivity contribution >= 4 is 11.8 Å². The van der Waals surface area contributed by atoms with Crippen LogP contribution in [0.5, 0.6) is 0 Å². The number of hydrogen-bond donors (Lipinski definition) is 1. The molecule has 1 N–H and O–H groups in total. The van der Waals surface area contributed by atoms with Crippen molar-refractivity contribution in [2.75, 3.05) is 11.5 Å². The molecule has 78 valence electrons. The third-order valence-corrected chi connectivity index (χ3v) is 4.40. The highest BCUT2D eigenvalue weighted by atomic mass is 32.2. The van der Waals surface area contributed by atoms with Crippen LogP contribution < -0.4 is 0 Å². The smallest absolute Gasteiger partial charge is 0.103 e. The predicted molar refractivity (Wildman–Crippen MR) is 61.5 cm³/mol. The largest absolute Gasteiger partial charge is 0.384 e. The Bertz CT molecular complexity index is 412. The Balaban J connectivity index is 2.49. The molecule has 2 rings (SSSR count). The fourth-order valence-corrected chi connectivity index (χ4v) is 3.47. The first kappa shape index (κ1) is 10.5. The summed E-state index contributed by atoms with van der Waals surface area (Å²) in [5.41, 5.74) is 0.552. The van der Waals surface area contributed by atoms with E-state index in [2.05, 4.69) is 6.07 Å². The lowest BCUT2D eigenvalue weighted by Gasteiger charge is -2.28. The molecule has 0 saturated carbocycles. The van der Waals surface area contributed by atoms with Gasteiger partial charge in [0.1, 0.15) is 5.60 Å². The van der Waals surface area contributed by atoms with E-state index in [4.69, 9.17) is 5.26 Å². The van der Waals surface area contributed by atoms with Crippen molar-refractivity contribution in [3.8, 4) is 6.07 Å². The summed E-state index contributed by atoms with van der Waals surface area (Å²) >= 11 is 1.74. The third-order valence-electron chi connectivity index (χ3n) is 3.02. The van der Waals surface area contributed by atoms with Crippen LogP contribution in [0.15, 0.2) is 24.3 Å². The van der Waals surface area contributed by atoms with E-state index in [0.717, 1.165) is 11.3 Å². The summed E-state index contributed by atoms with van der Waals surface area (Å²) in [6.45, 7) is 2.04. The normalized spacial score (nSPS) is 30.1. The van der Waals surface area contributed by atoms with Crippen molar-refractivity contribution in [1.29, 1.82) is 5.26 Å². The maximum atomic E-state index is 10.6. The Kier molecular flexibility index (Phi) is 2.72. The molecule has 0 spiro atoms. The maximum absolute atomic E-state index is 10.6. The van der Waals surface area contributed by atoms with Crippen molar-refractivity contribution < 1.29 is 5.11 Å². The highest BCUT2D eigenvalue weighted by molar-refractivity contribution is 7.99.